The van der Waals surface area contributed by atoms with E-state index < -0.39 is 0 Å². The molecule has 1 aliphatic heterocycles. The fourth-order valence-corrected chi connectivity index (χ4v) is 2.90. The zero-order chi connectivity index (χ0) is 17.8. The molecule has 2 amide bonds. The van der Waals surface area contributed by atoms with Crippen LogP contribution in [-0.2, 0) is 22.7 Å². The van der Waals surface area contributed by atoms with Crippen molar-refractivity contribution >= 4 is 17.5 Å². The molecule has 25 heavy (non-hydrogen) atoms. The van der Waals surface area contributed by atoms with Crippen LogP contribution in [0.4, 0.5) is 5.69 Å². The Morgan fingerprint density at radius 2 is 2.28 bits per heavy atom. The molecule has 0 radical (unpaired) electrons. The number of carbonyl (C=O) groups excluding carboxylic acids is 2. The first-order chi connectivity index (χ1) is 12.0. The third-order valence-electron chi connectivity index (χ3n) is 4.07. The Labute approximate surface area is 146 Å². The van der Waals surface area contributed by atoms with Gasteiger partial charge in [-0.2, -0.15) is 0 Å². The summed E-state index contributed by atoms with van der Waals surface area (Å²) in [5, 5.41) is 2.90. The molecule has 132 valence electrons. The van der Waals surface area contributed by atoms with Crippen molar-refractivity contribution in [2.24, 2.45) is 5.92 Å². The van der Waals surface area contributed by atoms with Crippen LogP contribution in [0.3, 0.4) is 0 Å². The van der Waals surface area contributed by atoms with Crippen molar-refractivity contribution in [2.45, 2.75) is 19.5 Å². The van der Waals surface area contributed by atoms with E-state index in [0.717, 1.165) is 11.5 Å². The molecule has 1 aliphatic rings. The lowest BCUT2D eigenvalue weighted by Crippen LogP contribution is -2.28. The maximum absolute atomic E-state index is 12.5. The standard InChI is InChI=1S/C18H22N4O3/c1-21(2)11-15-9-14(5-6-19-15)20-18(24)13-8-17(23)22(10-13)12-16-4-3-7-25-16/h3-7,9,13H,8,10-12H2,1-2H3,(H,19,20,24)/t13-/m0/s1. The van der Waals surface area contributed by atoms with Crippen LogP contribution >= 0.6 is 0 Å². The maximum Gasteiger partial charge on any atom is 0.229 e. The second kappa shape index (κ2) is 7.48. The summed E-state index contributed by atoms with van der Waals surface area (Å²) in [6, 6.07) is 7.22. The highest BCUT2D eigenvalue weighted by atomic mass is 16.3. The fourth-order valence-electron chi connectivity index (χ4n) is 2.90. The molecule has 3 heterocycles. The van der Waals surface area contributed by atoms with Crippen LogP contribution < -0.4 is 5.32 Å². The first-order valence-electron chi connectivity index (χ1n) is 8.22. The van der Waals surface area contributed by atoms with Gasteiger partial charge in [-0.3, -0.25) is 14.6 Å². The van der Waals surface area contributed by atoms with Crippen LogP contribution in [-0.4, -0.2) is 47.2 Å². The van der Waals surface area contributed by atoms with Crippen LogP contribution in [0, 0.1) is 5.92 Å². The minimum atomic E-state index is -0.354. The molecule has 1 saturated heterocycles. The number of carbonyl (C=O) groups is 2. The summed E-state index contributed by atoms with van der Waals surface area (Å²) >= 11 is 0. The molecular formula is C18H22N4O3. The highest BCUT2D eigenvalue weighted by molar-refractivity contribution is 5.97. The lowest BCUT2D eigenvalue weighted by Gasteiger charge is -2.15. The molecule has 1 atom stereocenters. The molecule has 0 aromatic carbocycles. The summed E-state index contributed by atoms with van der Waals surface area (Å²) in [7, 11) is 3.93. The Morgan fingerprint density at radius 3 is 3.00 bits per heavy atom. The van der Waals surface area contributed by atoms with Gasteiger partial charge in [0.2, 0.25) is 11.8 Å². The molecule has 0 unspecified atom stereocenters. The molecule has 2 aromatic rings. The number of aromatic nitrogens is 1. The zero-order valence-electron chi connectivity index (χ0n) is 14.4. The molecule has 1 fully saturated rings. The number of nitrogens with zero attached hydrogens (tertiary/aromatic N) is 3. The summed E-state index contributed by atoms with van der Waals surface area (Å²) in [4.78, 5) is 32.6. The summed E-state index contributed by atoms with van der Waals surface area (Å²) in [5.41, 5.74) is 1.58. The lowest BCUT2D eigenvalue weighted by molar-refractivity contribution is -0.128. The number of anilines is 1. The van der Waals surface area contributed by atoms with Gasteiger partial charge in [0.15, 0.2) is 0 Å². The van der Waals surface area contributed by atoms with Crippen molar-refractivity contribution in [1.29, 1.82) is 0 Å². The fraction of sp³-hybridized carbons (Fsp3) is 0.389. The van der Waals surface area contributed by atoms with Crippen molar-refractivity contribution in [3.8, 4) is 0 Å². The number of nitrogens with one attached hydrogen (secondary N) is 1. The summed E-state index contributed by atoms with van der Waals surface area (Å²) in [6.07, 6.45) is 3.48. The van der Waals surface area contributed by atoms with E-state index in [-0.39, 0.29) is 24.2 Å². The van der Waals surface area contributed by atoms with Crippen molar-refractivity contribution < 1.29 is 14.0 Å². The summed E-state index contributed by atoms with van der Waals surface area (Å²) in [6.45, 7) is 1.50. The molecule has 0 saturated carbocycles. The number of furan rings is 1. The van der Waals surface area contributed by atoms with E-state index in [1.165, 1.54) is 0 Å². The van der Waals surface area contributed by atoms with E-state index in [4.69, 9.17) is 4.42 Å². The number of pyridine rings is 1. The third kappa shape index (κ3) is 4.45. The Balaban J connectivity index is 1.59. The van der Waals surface area contributed by atoms with Gasteiger partial charge < -0.3 is 19.5 Å². The monoisotopic (exact) mass is 342 g/mol. The second-order valence-corrected chi connectivity index (χ2v) is 6.52. The molecule has 0 spiro atoms. The van der Waals surface area contributed by atoms with Crippen molar-refractivity contribution in [3.63, 3.8) is 0 Å². The Bertz CT molecular complexity index is 743. The van der Waals surface area contributed by atoms with Gasteiger partial charge in [0.05, 0.1) is 24.4 Å². The van der Waals surface area contributed by atoms with Crippen LogP contribution in [0.25, 0.3) is 0 Å². The van der Waals surface area contributed by atoms with E-state index in [9.17, 15) is 9.59 Å². The average molecular weight is 342 g/mol. The topological polar surface area (TPSA) is 78.7 Å². The number of amides is 2. The quantitative estimate of drug-likeness (QED) is 0.865. The van der Waals surface area contributed by atoms with Crippen molar-refractivity contribution in [1.82, 2.24) is 14.8 Å². The van der Waals surface area contributed by atoms with Gasteiger partial charge >= 0.3 is 0 Å². The molecule has 2 aromatic heterocycles. The third-order valence-corrected chi connectivity index (χ3v) is 4.07. The first kappa shape index (κ1) is 17.2. The minimum absolute atomic E-state index is 0.0282. The SMILES string of the molecule is CN(C)Cc1cc(NC(=O)[C@H]2CC(=O)N(Cc3ccco3)C2)ccn1. The van der Waals surface area contributed by atoms with Crippen molar-refractivity contribution in [2.75, 3.05) is 26.0 Å². The molecule has 0 bridgehead atoms. The van der Waals surface area contributed by atoms with E-state index in [2.05, 4.69) is 10.3 Å². The highest BCUT2D eigenvalue weighted by Gasteiger charge is 2.34. The predicted molar refractivity (Wildman–Crippen MR) is 92.5 cm³/mol. The van der Waals surface area contributed by atoms with Gasteiger partial charge in [0, 0.05) is 31.4 Å². The largest absolute Gasteiger partial charge is 0.467 e. The zero-order valence-corrected chi connectivity index (χ0v) is 14.4. The normalized spacial score (nSPS) is 17.3. The summed E-state index contributed by atoms with van der Waals surface area (Å²) < 4.78 is 5.27. The first-order valence-corrected chi connectivity index (χ1v) is 8.22. The van der Waals surface area contributed by atoms with Crippen molar-refractivity contribution in [3.05, 3.63) is 48.2 Å². The average Bonchev–Trinajstić information content (AvgIpc) is 3.18. The van der Waals surface area contributed by atoms with Crippen LogP contribution in [0.2, 0.25) is 0 Å². The van der Waals surface area contributed by atoms with Gasteiger partial charge in [-0.05, 0) is 38.4 Å². The van der Waals surface area contributed by atoms with E-state index in [1.807, 2.05) is 31.1 Å². The van der Waals surface area contributed by atoms with Gasteiger partial charge in [-0.25, -0.2) is 0 Å². The second-order valence-electron chi connectivity index (χ2n) is 6.52. The molecule has 7 nitrogen and oxygen atoms in total. The van der Waals surface area contributed by atoms with E-state index in [1.54, 1.807) is 29.5 Å². The minimum Gasteiger partial charge on any atom is -0.467 e. The molecule has 0 aliphatic carbocycles. The number of hydrogen-bond acceptors (Lipinski definition) is 5. The smallest absolute Gasteiger partial charge is 0.229 e. The predicted octanol–water partition coefficient (Wildman–Crippen LogP) is 1.72. The number of hydrogen-bond donors (Lipinski definition) is 1. The van der Waals surface area contributed by atoms with Gasteiger partial charge in [-0.15, -0.1) is 0 Å². The van der Waals surface area contributed by atoms with E-state index >= 15 is 0 Å². The Hall–Kier alpha value is -2.67. The van der Waals surface area contributed by atoms with Crippen LogP contribution in [0.15, 0.2) is 41.1 Å². The van der Waals surface area contributed by atoms with Crippen LogP contribution in [0.5, 0.6) is 0 Å². The summed E-state index contributed by atoms with van der Waals surface area (Å²) in [5.74, 6) is 0.196. The molecular weight excluding hydrogens is 320 g/mol. The Kier molecular flexibility index (Phi) is 5.14. The van der Waals surface area contributed by atoms with Crippen LogP contribution in [0.1, 0.15) is 17.9 Å². The van der Waals surface area contributed by atoms with E-state index in [0.29, 0.717) is 25.3 Å². The maximum atomic E-state index is 12.5. The lowest BCUT2D eigenvalue weighted by atomic mass is 10.1. The molecule has 1 N–H and O–H groups in total. The Morgan fingerprint density at radius 1 is 1.44 bits per heavy atom. The highest BCUT2D eigenvalue weighted by Crippen LogP contribution is 2.22. The van der Waals surface area contributed by atoms with Gasteiger partial charge in [-0.1, -0.05) is 0 Å². The van der Waals surface area contributed by atoms with Gasteiger partial charge in [0.25, 0.3) is 0 Å². The molecule has 3 rings (SSSR count). The number of rotatable bonds is 6. The number of likely N-dealkylation sites (tertiary alicyclic amines) is 1. The molecule has 7 heteroatoms. The van der Waals surface area contributed by atoms with Gasteiger partial charge in [0.1, 0.15) is 5.76 Å².